The Balaban J connectivity index is 2.01. The Bertz CT molecular complexity index is 451. The van der Waals surface area contributed by atoms with E-state index in [2.05, 4.69) is 31.1 Å². The van der Waals surface area contributed by atoms with E-state index in [-0.39, 0.29) is 17.3 Å². The van der Waals surface area contributed by atoms with Crippen LogP contribution in [-0.4, -0.2) is 61.6 Å². The zero-order valence-electron chi connectivity index (χ0n) is 18.6. The standard InChI is InChI=1S/C22H42N2O3S/c1-5-27-21(26)17-22(2,3)12-15-28-16-13-23-20(25)11-14-24(4)18-19-9-7-6-8-10-19/h19H,5-18H2,1-4H3,(H,23,25). The number of hydrogen-bond acceptors (Lipinski definition) is 5. The number of nitrogens with one attached hydrogen (secondary N) is 1. The molecule has 1 aliphatic carbocycles. The Morgan fingerprint density at radius 3 is 2.57 bits per heavy atom. The Morgan fingerprint density at radius 1 is 1.18 bits per heavy atom. The minimum Gasteiger partial charge on any atom is -0.466 e. The van der Waals surface area contributed by atoms with Crippen molar-refractivity contribution in [2.45, 2.75) is 72.1 Å². The molecule has 0 spiro atoms. The van der Waals surface area contributed by atoms with Crippen LogP contribution in [-0.2, 0) is 14.3 Å². The Kier molecular flexibility index (Phi) is 12.9. The second-order valence-corrected chi connectivity index (χ2v) is 10.1. The van der Waals surface area contributed by atoms with Crippen LogP contribution < -0.4 is 5.32 Å². The number of carbonyl (C=O) groups excluding carboxylic acids is 2. The molecule has 0 radical (unpaired) electrons. The molecule has 0 aromatic rings. The summed E-state index contributed by atoms with van der Waals surface area (Å²) in [4.78, 5) is 25.9. The quantitative estimate of drug-likeness (QED) is 0.342. The van der Waals surface area contributed by atoms with Crippen LogP contribution in [0.2, 0.25) is 0 Å². The number of carbonyl (C=O) groups is 2. The molecule has 28 heavy (non-hydrogen) atoms. The van der Waals surface area contributed by atoms with Gasteiger partial charge < -0.3 is 15.0 Å². The van der Waals surface area contributed by atoms with Gasteiger partial charge in [0.2, 0.25) is 5.91 Å². The van der Waals surface area contributed by atoms with Gasteiger partial charge in [-0.25, -0.2) is 0 Å². The van der Waals surface area contributed by atoms with Gasteiger partial charge in [0, 0.05) is 31.8 Å². The lowest BCUT2D eigenvalue weighted by molar-refractivity contribution is -0.145. The summed E-state index contributed by atoms with van der Waals surface area (Å²) in [5, 5.41) is 3.03. The smallest absolute Gasteiger partial charge is 0.306 e. The lowest BCUT2D eigenvalue weighted by atomic mass is 9.86. The predicted molar refractivity (Wildman–Crippen MR) is 119 cm³/mol. The molecule has 0 saturated heterocycles. The largest absolute Gasteiger partial charge is 0.466 e. The molecule has 0 aromatic carbocycles. The van der Waals surface area contributed by atoms with Crippen molar-refractivity contribution >= 4 is 23.6 Å². The number of esters is 1. The number of rotatable bonds is 14. The van der Waals surface area contributed by atoms with E-state index in [0.29, 0.717) is 26.0 Å². The fourth-order valence-electron chi connectivity index (χ4n) is 3.69. The van der Waals surface area contributed by atoms with E-state index in [9.17, 15) is 9.59 Å². The molecule has 0 aromatic heterocycles. The lowest BCUT2D eigenvalue weighted by Crippen LogP contribution is -2.32. The molecule has 1 saturated carbocycles. The van der Waals surface area contributed by atoms with Gasteiger partial charge >= 0.3 is 5.97 Å². The average molecular weight is 415 g/mol. The van der Waals surface area contributed by atoms with Crippen molar-refractivity contribution < 1.29 is 14.3 Å². The maximum Gasteiger partial charge on any atom is 0.306 e. The van der Waals surface area contributed by atoms with Gasteiger partial charge in [-0.15, -0.1) is 0 Å². The maximum absolute atomic E-state index is 12.0. The predicted octanol–water partition coefficient (Wildman–Crippen LogP) is 4.11. The first-order chi connectivity index (χ1) is 13.3. The SMILES string of the molecule is CCOC(=O)CC(C)(C)CCSCCNC(=O)CCN(C)CC1CCCCC1. The van der Waals surface area contributed by atoms with Crippen molar-refractivity contribution in [1.82, 2.24) is 10.2 Å². The minimum absolute atomic E-state index is 0.0363. The van der Waals surface area contributed by atoms with E-state index in [1.165, 1.54) is 32.1 Å². The molecule has 0 bridgehead atoms. The molecular formula is C22H42N2O3S. The van der Waals surface area contributed by atoms with Crippen LogP contribution in [0.15, 0.2) is 0 Å². The Morgan fingerprint density at radius 2 is 1.89 bits per heavy atom. The van der Waals surface area contributed by atoms with Gasteiger partial charge in [0.05, 0.1) is 13.0 Å². The van der Waals surface area contributed by atoms with Crippen LogP contribution in [0.4, 0.5) is 0 Å². The van der Waals surface area contributed by atoms with E-state index in [1.54, 1.807) is 0 Å². The van der Waals surface area contributed by atoms with Crippen molar-refractivity contribution in [1.29, 1.82) is 0 Å². The van der Waals surface area contributed by atoms with E-state index in [0.717, 1.165) is 36.9 Å². The number of thioether (sulfide) groups is 1. The van der Waals surface area contributed by atoms with Gasteiger partial charge in [-0.2, -0.15) is 11.8 Å². The average Bonchev–Trinajstić information content (AvgIpc) is 2.63. The van der Waals surface area contributed by atoms with Crippen molar-refractivity contribution in [3.63, 3.8) is 0 Å². The molecule has 1 amide bonds. The summed E-state index contributed by atoms with van der Waals surface area (Å²) in [5.41, 5.74) is -0.0363. The zero-order chi connectivity index (χ0) is 20.8. The highest BCUT2D eigenvalue weighted by atomic mass is 32.2. The molecule has 1 fully saturated rings. The number of hydrogen-bond donors (Lipinski definition) is 1. The van der Waals surface area contributed by atoms with Gasteiger partial charge in [-0.3, -0.25) is 9.59 Å². The van der Waals surface area contributed by atoms with Crippen molar-refractivity contribution in [2.24, 2.45) is 11.3 Å². The summed E-state index contributed by atoms with van der Waals surface area (Å²) in [6.07, 6.45) is 8.86. The molecule has 0 atom stereocenters. The van der Waals surface area contributed by atoms with Gasteiger partial charge in [0.1, 0.15) is 0 Å². The molecule has 164 valence electrons. The monoisotopic (exact) mass is 414 g/mol. The Hall–Kier alpha value is -0.750. The molecule has 0 aliphatic heterocycles. The van der Waals surface area contributed by atoms with Crippen LogP contribution in [0, 0.1) is 11.3 Å². The summed E-state index contributed by atoms with van der Waals surface area (Å²) in [6, 6.07) is 0. The zero-order valence-corrected chi connectivity index (χ0v) is 19.4. The van der Waals surface area contributed by atoms with E-state index in [1.807, 2.05) is 18.7 Å². The van der Waals surface area contributed by atoms with E-state index < -0.39 is 0 Å². The number of ether oxygens (including phenoxy) is 1. The minimum atomic E-state index is -0.113. The lowest BCUT2D eigenvalue weighted by Gasteiger charge is -2.26. The van der Waals surface area contributed by atoms with Crippen LogP contribution in [0.5, 0.6) is 0 Å². The summed E-state index contributed by atoms with van der Waals surface area (Å²) in [7, 11) is 2.13. The first kappa shape index (κ1) is 25.3. The highest BCUT2D eigenvalue weighted by molar-refractivity contribution is 7.99. The normalized spacial score (nSPS) is 15.6. The fourth-order valence-corrected chi connectivity index (χ4v) is 4.83. The molecule has 0 unspecified atom stereocenters. The van der Waals surface area contributed by atoms with Gasteiger partial charge in [-0.1, -0.05) is 33.1 Å². The van der Waals surface area contributed by atoms with Gasteiger partial charge in [0.25, 0.3) is 0 Å². The second-order valence-electron chi connectivity index (χ2n) is 8.87. The fraction of sp³-hybridized carbons (Fsp3) is 0.909. The van der Waals surface area contributed by atoms with Gasteiger partial charge in [0.15, 0.2) is 0 Å². The molecule has 6 heteroatoms. The van der Waals surface area contributed by atoms with E-state index in [4.69, 9.17) is 4.74 Å². The summed E-state index contributed by atoms with van der Waals surface area (Å²) in [5.74, 6) is 2.77. The maximum atomic E-state index is 12.0. The highest BCUT2D eigenvalue weighted by Crippen LogP contribution is 2.27. The molecule has 1 rings (SSSR count). The van der Waals surface area contributed by atoms with Crippen molar-refractivity contribution in [2.75, 3.05) is 44.8 Å². The Labute approximate surface area is 176 Å². The summed E-state index contributed by atoms with van der Waals surface area (Å²) in [6.45, 7) is 9.19. The molecule has 1 N–H and O–H groups in total. The number of nitrogens with zero attached hydrogens (tertiary/aromatic N) is 1. The van der Waals surface area contributed by atoms with Crippen molar-refractivity contribution in [3.8, 4) is 0 Å². The third kappa shape index (κ3) is 12.7. The summed E-state index contributed by atoms with van der Waals surface area (Å²) < 4.78 is 5.03. The van der Waals surface area contributed by atoms with Crippen LogP contribution in [0.25, 0.3) is 0 Å². The van der Waals surface area contributed by atoms with Crippen LogP contribution in [0.3, 0.4) is 0 Å². The first-order valence-electron chi connectivity index (χ1n) is 11.0. The van der Waals surface area contributed by atoms with Crippen LogP contribution >= 0.6 is 11.8 Å². The molecule has 1 aliphatic rings. The third-order valence-electron chi connectivity index (χ3n) is 5.44. The third-order valence-corrected chi connectivity index (χ3v) is 6.42. The molecular weight excluding hydrogens is 372 g/mol. The molecule has 5 nitrogen and oxygen atoms in total. The van der Waals surface area contributed by atoms with Crippen LogP contribution in [0.1, 0.15) is 72.1 Å². The van der Waals surface area contributed by atoms with E-state index >= 15 is 0 Å². The highest BCUT2D eigenvalue weighted by Gasteiger charge is 2.22. The second kappa shape index (κ2) is 14.3. The van der Waals surface area contributed by atoms with Gasteiger partial charge in [-0.05, 0) is 50.3 Å². The number of amides is 1. The van der Waals surface area contributed by atoms with Crippen molar-refractivity contribution in [3.05, 3.63) is 0 Å². The summed E-state index contributed by atoms with van der Waals surface area (Å²) >= 11 is 1.83. The first-order valence-corrected chi connectivity index (χ1v) is 12.2. The molecule has 0 heterocycles. The topological polar surface area (TPSA) is 58.6 Å².